The number of amidine groups is 1. The Morgan fingerprint density at radius 3 is 1.71 bits per heavy atom. The van der Waals surface area contributed by atoms with Crippen molar-refractivity contribution in [3.05, 3.63) is 0 Å². The molecule has 1 heterocycles. The lowest BCUT2D eigenvalue weighted by Gasteiger charge is -2.25. The zero-order valence-electron chi connectivity index (χ0n) is 11.0. The molecule has 1 atom stereocenters. The van der Waals surface area contributed by atoms with Crippen molar-refractivity contribution >= 4 is 5.84 Å². The molecule has 1 aliphatic rings. The van der Waals surface area contributed by atoms with Crippen LogP contribution in [0.15, 0.2) is 4.99 Å². The van der Waals surface area contributed by atoms with Gasteiger partial charge in [0.05, 0.1) is 5.84 Å². The zero-order valence-corrected chi connectivity index (χ0v) is 11.0. The van der Waals surface area contributed by atoms with Gasteiger partial charge in [0.2, 0.25) is 0 Å². The maximum absolute atomic E-state index is 5.57. The molecule has 0 saturated heterocycles. The van der Waals surface area contributed by atoms with Gasteiger partial charge < -0.3 is 5.73 Å². The molecule has 0 aromatic rings. The minimum atomic E-state index is 0.366. The third-order valence-corrected chi connectivity index (χ3v) is 2.20. The van der Waals surface area contributed by atoms with Crippen LogP contribution >= 0.6 is 0 Å². The fourth-order valence-corrected chi connectivity index (χ4v) is 1.19. The number of nitrogens with zero attached hydrogens (tertiary/aromatic N) is 1. The van der Waals surface area contributed by atoms with Crippen LogP contribution in [0.3, 0.4) is 0 Å². The number of aliphatic imine (C=N–C) groups is 1. The second kappa shape index (κ2) is 7.84. The summed E-state index contributed by atoms with van der Waals surface area (Å²) in [6.07, 6.45) is 0.990. The maximum Gasteiger partial charge on any atom is 0.0940 e. The van der Waals surface area contributed by atoms with Crippen molar-refractivity contribution in [1.82, 2.24) is 0 Å². The van der Waals surface area contributed by atoms with E-state index < -0.39 is 0 Å². The van der Waals surface area contributed by atoms with Crippen molar-refractivity contribution in [3.63, 3.8) is 0 Å². The second-order valence-electron chi connectivity index (χ2n) is 4.10. The molecule has 0 radical (unpaired) electrons. The first kappa shape index (κ1) is 15.9. The van der Waals surface area contributed by atoms with Gasteiger partial charge in [-0.1, -0.05) is 48.5 Å². The van der Waals surface area contributed by atoms with Gasteiger partial charge in [-0.2, -0.15) is 0 Å². The molecule has 1 unspecified atom stereocenters. The molecule has 2 N–H and O–H groups in total. The molecular formula is C12H28N2. The van der Waals surface area contributed by atoms with Crippen molar-refractivity contribution in [2.24, 2.45) is 22.1 Å². The smallest absolute Gasteiger partial charge is 0.0940 e. The fraction of sp³-hybridized carbons (Fsp3) is 0.917. The molecule has 0 amide bonds. The first-order valence-corrected chi connectivity index (χ1v) is 5.79. The largest absolute Gasteiger partial charge is 0.387 e. The van der Waals surface area contributed by atoms with E-state index in [2.05, 4.69) is 25.8 Å². The molecule has 0 spiro atoms. The molecule has 0 fully saturated rings. The highest BCUT2D eigenvalue weighted by atomic mass is 14.9. The van der Waals surface area contributed by atoms with Gasteiger partial charge in [0.1, 0.15) is 0 Å². The van der Waals surface area contributed by atoms with E-state index in [1.807, 2.05) is 27.7 Å². The molecular weight excluding hydrogens is 172 g/mol. The van der Waals surface area contributed by atoms with Crippen LogP contribution in [0.1, 0.15) is 54.9 Å². The summed E-state index contributed by atoms with van der Waals surface area (Å²) in [5.41, 5.74) is 5.94. The summed E-state index contributed by atoms with van der Waals surface area (Å²) in [6, 6.07) is 0. The topological polar surface area (TPSA) is 38.4 Å². The number of hydrogen-bond acceptors (Lipinski definition) is 2. The van der Waals surface area contributed by atoms with Crippen LogP contribution < -0.4 is 5.73 Å². The molecule has 1 rings (SSSR count). The second-order valence-corrected chi connectivity index (χ2v) is 4.10. The Balaban J connectivity index is 0. The van der Waals surface area contributed by atoms with Crippen LogP contribution in [-0.4, -0.2) is 12.4 Å². The van der Waals surface area contributed by atoms with Gasteiger partial charge >= 0.3 is 0 Å². The molecule has 2 nitrogen and oxygen atoms in total. The van der Waals surface area contributed by atoms with E-state index in [1.165, 1.54) is 0 Å². The summed E-state index contributed by atoms with van der Waals surface area (Å²) in [5.74, 6) is 1.49. The van der Waals surface area contributed by atoms with Crippen LogP contribution in [0.25, 0.3) is 0 Å². The Morgan fingerprint density at radius 2 is 1.57 bits per heavy atom. The normalized spacial score (nSPS) is 19.9. The standard InChI is InChI=1S/C8H16N2.2C2H6/c1-8(2,3)6-4-7(9)10-5-6;2*1-2/h6H,4-5H2,1-3H3,(H2,9,10);2*1-2H3. The van der Waals surface area contributed by atoms with E-state index in [0.717, 1.165) is 18.8 Å². The first-order valence-electron chi connectivity index (χ1n) is 5.79. The van der Waals surface area contributed by atoms with Gasteiger partial charge in [0.25, 0.3) is 0 Å². The van der Waals surface area contributed by atoms with Crippen LogP contribution in [0.5, 0.6) is 0 Å². The van der Waals surface area contributed by atoms with Gasteiger partial charge in [-0.05, 0) is 11.3 Å². The van der Waals surface area contributed by atoms with Gasteiger partial charge in [-0.3, -0.25) is 4.99 Å². The molecule has 86 valence electrons. The lowest BCUT2D eigenvalue weighted by atomic mass is 9.80. The predicted molar refractivity (Wildman–Crippen MR) is 66.7 cm³/mol. The zero-order chi connectivity index (χ0) is 11.8. The minimum Gasteiger partial charge on any atom is -0.387 e. The molecule has 0 aromatic carbocycles. The van der Waals surface area contributed by atoms with E-state index in [0.29, 0.717) is 11.3 Å². The van der Waals surface area contributed by atoms with Gasteiger partial charge in [-0.15, -0.1) is 0 Å². The molecule has 0 saturated carbocycles. The highest BCUT2D eigenvalue weighted by Gasteiger charge is 2.28. The summed E-state index contributed by atoms with van der Waals surface area (Å²) in [4.78, 5) is 4.18. The van der Waals surface area contributed by atoms with E-state index in [4.69, 9.17) is 5.73 Å². The summed E-state index contributed by atoms with van der Waals surface area (Å²) in [6.45, 7) is 15.7. The Kier molecular flexibility index (Phi) is 8.91. The lowest BCUT2D eigenvalue weighted by molar-refractivity contribution is 0.265. The van der Waals surface area contributed by atoms with E-state index in [9.17, 15) is 0 Å². The number of hydrogen-bond donors (Lipinski definition) is 1. The van der Waals surface area contributed by atoms with Crippen LogP contribution in [0, 0.1) is 11.3 Å². The maximum atomic E-state index is 5.57. The highest BCUT2D eigenvalue weighted by molar-refractivity contribution is 5.82. The van der Waals surface area contributed by atoms with Crippen LogP contribution in [0.4, 0.5) is 0 Å². The number of rotatable bonds is 0. The predicted octanol–water partition coefficient (Wildman–Crippen LogP) is 3.46. The van der Waals surface area contributed by atoms with Crippen LogP contribution in [-0.2, 0) is 0 Å². The molecule has 1 aliphatic heterocycles. The molecule has 2 heteroatoms. The van der Waals surface area contributed by atoms with E-state index >= 15 is 0 Å². The quantitative estimate of drug-likeness (QED) is 0.639. The summed E-state index contributed by atoms with van der Waals surface area (Å²) in [7, 11) is 0. The fourth-order valence-electron chi connectivity index (χ4n) is 1.19. The molecule has 0 aliphatic carbocycles. The summed E-state index contributed by atoms with van der Waals surface area (Å²) < 4.78 is 0. The van der Waals surface area contributed by atoms with E-state index in [1.54, 1.807) is 0 Å². The van der Waals surface area contributed by atoms with Gasteiger partial charge in [0, 0.05) is 13.0 Å². The van der Waals surface area contributed by atoms with E-state index in [-0.39, 0.29) is 0 Å². The first-order chi connectivity index (χ1) is 6.50. The highest BCUT2D eigenvalue weighted by Crippen LogP contribution is 2.31. The molecule has 0 bridgehead atoms. The molecule has 14 heavy (non-hydrogen) atoms. The third-order valence-electron chi connectivity index (χ3n) is 2.20. The average Bonchev–Trinajstić information content (AvgIpc) is 2.58. The monoisotopic (exact) mass is 200 g/mol. The van der Waals surface area contributed by atoms with Crippen molar-refractivity contribution in [3.8, 4) is 0 Å². The average molecular weight is 200 g/mol. The SMILES string of the molecule is CC.CC.CC(C)(C)C1CN=C(N)C1. The Labute approximate surface area is 90.0 Å². The van der Waals surface area contributed by atoms with Crippen molar-refractivity contribution in [2.45, 2.75) is 54.9 Å². The number of nitrogens with two attached hydrogens (primary N) is 1. The van der Waals surface area contributed by atoms with Gasteiger partial charge in [0.15, 0.2) is 0 Å². The Morgan fingerprint density at radius 1 is 1.14 bits per heavy atom. The third kappa shape index (κ3) is 6.01. The van der Waals surface area contributed by atoms with Gasteiger partial charge in [-0.25, -0.2) is 0 Å². The Bertz CT molecular complexity index is 154. The molecule has 0 aromatic heterocycles. The van der Waals surface area contributed by atoms with Crippen molar-refractivity contribution in [1.29, 1.82) is 0 Å². The summed E-state index contributed by atoms with van der Waals surface area (Å²) >= 11 is 0. The lowest BCUT2D eigenvalue weighted by Crippen LogP contribution is -2.22. The Hall–Kier alpha value is -0.530. The van der Waals surface area contributed by atoms with Crippen LogP contribution in [0.2, 0.25) is 0 Å². The van der Waals surface area contributed by atoms with Crippen molar-refractivity contribution in [2.75, 3.05) is 6.54 Å². The summed E-state index contributed by atoms with van der Waals surface area (Å²) in [5, 5.41) is 0. The van der Waals surface area contributed by atoms with Crippen molar-refractivity contribution < 1.29 is 0 Å². The minimum absolute atomic E-state index is 0.366.